The van der Waals surface area contributed by atoms with E-state index in [9.17, 15) is 22.8 Å². The molecule has 20 heavy (non-hydrogen) atoms. The highest BCUT2D eigenvalue weighted by molar-refractivity contribution is 8.01. The van der Waals surface area contributed by atoms with Crippen LogP contribution in [-0.2, 0) is 15.8 Å². The quantitative estimate of drug-likeness (QED) is 0.901. The van der Waals surface area contributed by atoms with E-state index in [0.29, 0.717) is 4.90 Å². The molecule has 4 nitrogen and oxygen atoms in total. The molecule has 0 aliphatic carbocycles. The number of benzene rings is 1. The molecule has 0 saturated heterocycles. The van der Waals surface area contributed by atoms with E-state index in [1.165, 1.54) is 6.07 Å². The molecular formula is C12H10F3NO3S. The molecule has 1 aromatic carbocycles. The van der Waals surface area contributed by atoms with E-state index in [1.807, 2.05) is 0 Å². The molecular weight excluding hydrogens is 295 g/mol. The number of anilines is 1. The van der Waals surface area contributed by atoms with Gasteiger partial charge in [-0.05, 0) is 24.6 Å². The highest BCUT2D eigenvalue weighted by atomic mass is 32.2. The first kappa shape index (κ1) is 14.7. The number of aliphatic carboxylic acids is 1. The summed E-state index contributed by atoms with van der Waals surface area (Å²) < 4.78 is 37.7. The van der Waals surface area contributed by atoms with Gasteiger partial charge in [-0.1, -0.05) is 0 Å². The second-order valence-corrected chi connectivity index (χ2v) is 5.48. The van der Waals surface area contributed by atoms with Gasteiger partial charge >= 0.3 is 12.1 Å². The summed E-state index contributed by atoms with van der Waals surface area (Å²) >= 11 is 1.08. The van der Waals surface area contributed by atoms with E-state index in [2.05, 4.69) is 5.32 Å². The molecule has 0 saturated carbocycles. The number of hydrogen-bond acceptors (Lipinski definition) is 3. The Labute approximate surface area is 116 Å². The SMILES string of the molecule is O=C(O)CCC1Sc2ccc(C(F)(F)F)cc2NC1=O. The van der Waals surface area contributed by atoms with E-state index in [0.717, 1.165) is 23.9 Å². The molecule has 8 heteroatoms. The van der Waals surface area contributed by atoms with E-state index in [1.54, 1.807) is 0 Å². The Hall–Kier alpha value is -1.70. The van der Waals surface area contributed by atoms with Crippen molar-refractivity contribution in [3.05, 3.63) is 23.8 Å². The van der Waals surface area contributed by atoms with Crippen molar-refractivity contribution < 1.29 is 27.9 Å². The average Bonchev–Trinajstić information content (AvgIpc) is 2.34. The Morgan fingerprint density at radius 1 is 1.40 bits per heavy atom. The van der Waals surface area contributed by atoms with Crippen LogP contribution in [0.4, 0.5) is 18.9 Å². The number of thioether (sulfide) groups is 1. The number of carbonyl (C=O) groups is 2. The summed E-state index contributed by atoms with van der Waals surface area (Å²) in [5.41, 5.74) is -0.720. The van der Waals surface area contributed by atoms with Gasteiger partial charge in [-0.2, -0.15) is 13.2 Å². The summed E-state index contributed by atoms with van der Waals surface area (Å²) in [5.74, 6) is -1.49. The van der Waals surface area contributed by atoms with Gasteiger partial charge < -0.3 is 10.4 Å². The van der Waals surface area contributed by atoms with Crippen molar-refractivity contribution in [3.63, 3.8) is 0 Å². The number of hydrogen-bond donors (Lipinski definition) is 2. The van der Waals surface area contributed by atoms with E-state index < -0.39 is 28.9 Å². The van der Waals surface area contributed by atoms with Gasteiger partial charge in [0.25, 0.3) is 0 Å². The van der Waals surface area contributed by atoms with E-state index in [-0.39, 0.29) is 18.5 Å². The zero-order valence-electron chi connectivity index (χ0n) is 10.0. The largest absolute Gasteiger partial charge is 0.481 e. The maximum absolute atomic E-state index is 12.6. The summed E-state index contributed by atoms with van der Waals surface area (Å²) in [6.07, 6.45) is -4.50. The Kier molecular flexibility index (Phi) is 3.94. The molecule has 1 aliphatic heterocycles. The molecule has 1 heterocycles. The third-order valence-electron chi connectivity index (χ3n) is 2.75. The maximum atomic E-state index is 12.6. The number of halogens is 3. The summed E-state index contributed by atoms with van der Waals surface area (Å²) in [6, 6.07) is 3.11. The minimum Gasteiger partial charge on any atom is -0.481 e. The number of carboxylic acids is 1. The van der Waals surface area contributed by atoms with Crippen LogP contribution >= 0.6 is 11.8 Å². The summed E-state index contributed by atoms with van der Waals surface area (Å²) in [4.78, 5) is 22.7. The lowest BCUT2D eigenvalue weighted by molar-refractivity contribution is -0.138. The van der Waals surface area contributed by atoms with Gasteiger partial charge in [-0.3, -0.25) is 9.59 Å². The van der Waals surface area contributed by atoms with Crippen LogP contribution in [0.1, 0.15) is 18.4 Å². The maximum Gasteiger partial charge on any atom is 0.416 e. The molecule has 2 rings (SSSR count). The molecule has 108 valence electrons. The topological polar surface area (TPSA) is 66.4 Å². The predicted octanol–water partition coefficient (Wildman–Crippen LogP) is 2.98. The molecule has 1 aliphatic rings. The van der Waals surface area contributed by atoms with Gasteiger partial charge in [0.1, 0.15) is 0 Å². The fourth-order valence-electron chi connectivity index (χ4n) is 1.77. The summed E-state index contributed by atoms with van der Waals surface area (Å²) in [7, 11) is 0. The fraction of sp³-hybridized carbons (Fsp3) is 0.333. The first-order valence-corrected chi connectivity index (χ1v) is 6.56. The molecule has 1 atom stereocenters. The lowest BCUT2D eigenvalue weighted by Gasteiger charge is -2.24. The van der Waals surface area contributed by atoms with E-state index in [4.69, 9.17) is 5.11 Å². The molecule has 0 spiro atoms. The molecule has 1 unspecified atom stereocenters. The fourth-order valence-corrected chi connectivity index (χ4v) is 2.86. The molecule has 0 fully saturated rings. The van der Waals surface area contributed by atoms with Crippen LogP contribution in [-0.4, -0.2) is 22.2 Å². The number of carbonyl (C=O) groups excluding carboxylic acids is 1. The van der Waals surface area contributed by atoms with Crippen molar-refractivity contribution in [2.45, 2.75) is 29.2 Å². The second-order valence-electron chi connectivity index (χ2n) is 4.24. The smallest absolute Gasteiger partial charge is 0.416 e. The molecule has 0 aromatic heterocycles. The molecule has 0 bridgehead atoms. The molecule has 0 radical (unpaired) electrons. The third kappa shape index (κ3) is 3.24. The Morgan fingerprint density at radius 2 is 2.10 bits per heavy atom. The Bertz CT molecular complexity index is 559. The van der Waals surface area contributed by atoms with Crippen molar-refractivity contribution in [1.82, 2.24) is 0 Å². The molecule has 2 N–H and O–H groups in total. The minimum atomic E-state index is -4.47. The van der Waals surface area contributed by atoms with Gasteiger partial charge in [0, 0.05) is 11.3 Å². The summed E-state index contributed by atoms with van der Waals surface area (Å²) in [5, 5.41) is 10.4. The standard InChI is InChI=1S/C12H10F3NO3S/c13-12(14,15)6-1-2-8-7(5-6)16-11(19)9(20-8)3-4-10(17)18/h1-2,5,9H,3-4H2,(H,16,19)(H,17,18). The zero-order chi connectivity index (χ0) is 14.9. The van der Waals surface area contributed by atoms with Crippen molar-refractivity contribution in [2.75, 3.05) is 5.32 Å². The lowest BCUT2D eigenvalue weighted by atomic mass is 10.1. The first-order valence-electron chi connectivity index (χ1n) is 5.68. The number of rotatable bonds is 3. The van der Waals surface area contributed by atoms with Gasteiger partial charge in [0.15, 0.2) is 0 Å². The number of fused-ring (bicyclic) bond motifs is 1. The first-order chi connectivity index (χ1) is 9.27. The van der Waals surface area contributed by atoms with Crippen LogP contribution in [0.15, 0.2) is 23.1 Å². The van der Waals surface area contributed by atoms with Gasteiger partial charge in [0.2, 0.25) is 5.91 Å². The van der Waals surface area contributed by atoms with Crippen molar-refractivity contribution in [2.24, 2.45) is 0 Å². The highest BCUT2D eigenvalue weighted by Gasteiger charge is 2.33. The van der Waals surface area contributed by atoms with Crippen LogP contribution in [0.25, 0.3) is 0 Å². The van der Waals surface area contributed by atoms with Gasteiger partial charge in [0.05, 0.1) is 16.5 Å². The monoisotopic (exact) mass is 305 g/mol. The summed E-state index contributed by atoms with van der Waals surface area (Å²) in [6.45, 7) is 0. The minimum absolute atomic E-state index is 0.112. The van der Waals surface area contributed by atoms with Crippen LogP contribution < -0.4 is 5.32 Å². The van der Waals surface area contributed by atoms with E-state index >= 15 is 0 Å². The second kappa shape index (κ2) is 5.35. The predicted molar refractivity (Wildman–Crippen MR) is 66.6 cm³/mol. The Balaban J connectivity index is 2.19. The van der Waals surface area contributed by atoms with Crippen LogP contribution in [0.2, 0.25) is 0 Å². The normalized spacial score (nSPS) is 18.4. The van der Waals surface area contributed by atoms with Crippen molar-refractivity contribution >= 4 is 29.3 Å². The number of carboxylic acid groups (broad SMARTS) is 1. The van der Waals surface area contributed by atoms with Gasteiger partial charge in [-0.25, -0.2) is 0 Å². The molecule has 1 amide bonds. The zero-order valence-corrected chi connectivity index (χ0v) is 10.8. The van der Waals surface area contributed by atoms with Crippen LogP contribution in [0.5, 0.6) is 0 Å². The highest BCUT2D eigenvalue weighted by Crippen LogP contribution is 2.40. The molecule has 1 aromatic rings. The number of nitrogens with one attached hydrogen (secondary N) is 1. The Morgan fingerprint density at radius 3 is 2.70 bits per heavy atom. The van der Waals surface area contributed by atoms with Crippen LogP contribution in [0, 0.1) is 0 Å². The van der Waals surface area contributed by atoms with Crippen LogP contribution in [0.3, 0.4) is 0 Å². The average molecular weight is 305 g/mol. The number of alkyl halides is 3. The van der Waals surface area contributed by atoms with Crippen molar-refractivity contribution in [3.8, 4) is 0 Å². The van der Waals surface area contributed by atoms with Crippen molar-refractivity contribution in [1.29, 1.82) is 0 Å². The van der Waals surface area contributed by atoms with Gasteiger partial charge in [-0.15, -0.1) is 11.8 Å². The third-order valence-corrected chi connectivity index (χ3v) is 4.09. The number of amides is 1. The lowest BCUT2D eigenvalue weighted by Crippen LogP contribution is -2.29.